The van der Waals surface area contributed by atoms with Gasteiger partial charge in [0, 0.05) is 12.4 Å². The Bertz CT molecular complexity index is 1010. The highest BCUT2D eigenvalue weighted by Gasteiger charge is 2.29. The second kappa shape index (κ2) is 6.60. The number of benzene rings is 1. The third-order valence-electron chi connectivity index (χ3n) is 4.28. The molecule has 0 saturated heterocycles. The monoisotopic (exact) mass is 367 g/mol. The highest BCUT2D eigenvalue weighted by Crippen LogP contribution is 2.42. The molecule has 0 unspecified atom stereocenters. The minimum Gasteiger partial charge on any atom is -0.478 e. The van der Waals surface area contributed by atoms with Crippen LogP contribution in [0.2, 0.25) is 0 Å². The van der Waals surface area contributed by atoms with E-state index in [-0.39, 0.29) is 22.9 Å². The Labute approximate surface area is 152 Å². The molecule has 1 aliphatic rings. The SMILES string of the molecule is O=C(Nc1cc(C2CC2)c(F)cc1C(=O)O)c1ccc(-n2ccnc2)nn1. The van der Waals surface area contributed by atoms with Crippen LogP contribution in [0.25, 0.3) is 5.82 Å². The number of imidazole rings is 1. The van der Waals surface area contributed by atoms with Crippen molar-refractivity contribution in [1.82, 2.24) is 19.7 Å². The van der Waals surface area contributed by atoms with Crippen molar-refractivity contribution in [3.05, 3.63) is 65.6 Å². The van der Waals surface area contributed by atoms with Gasteiger partial charge >= 0.3 is 5.97 Å². The number of carbonyl (C=O) groups excluding carboxylic acids is 1. The summed E-state index contributed by atoms with van der Waals surface area (Å²) < 4.78 is 15.7. The van der Waals surface area contributed by atoms with E-state index in [1.165, 1.54) is 12.1 Å². The average Bonchev–Trinajstić information content (AvgIpc) is 3.35. The molecule has 1 aliphatic carbocycles. The van der Waals surface area contributed by atoms with E-state index < -0.39 is 17.7 Å². The van der Waals surface area contributed by atoms with Crippen molar-refractivity contribution in [3.63, 3.8) is 0 Å². The molecule has 4 rings (SSSR count). The van der Waals surface area contributed by atoms with Crippen LogP contribution in [0.15, 0.2) is 43.0 Å². The molecule has 1 amide bonds. The number of aromatic carboxylic acids is 1. The van der Waals surface area contributed by atoms with Crippen molar-refractivity contribution in [2.45, 2.75) is 18.8 Å². The maximum Gasteiger partial charge on any atom is 0.337 e. The van der Waals surface area contributed by atoms with Gasteiger partial charge in [-0.05, 0) is 48.6 Å². The lowest BCUT2D eigenvalue weighted by Crippen LogP contribution is -2.17. The van der Waals surface area contributed by atoms with Gasteiger partial charge in [-0.1, -0.05) is 0 Å². The number of carboxylic acid groups (broad SMARTS) is 1. The van der Waals surface area contributed by atoms with E-state index in [0.29, 0.717) is 11.4 Å². The van der Waals surface area contributed by atoms with Gasteiger partial charge in [-0.2, -0.15) is 0 Å². The Morgan fingerprint density at radius 3 is 2.63 bits per heavy atom. The molecule has 2 aromatic heterocycles. The summed E-state index contributed by atoms with van der Waals surface area (Å²) in [6, 6.07) is 5.38. The fourth-order valence-corrected chi connectivity index (χ4v) is 2.74. The zero-order chi connectivity index (χ0) is 19.0. The molecule has 0 atom stereocenters. The molecule has 9 heteroatoms. The Morgan fingerprint density at radius 1 is 1.22 bits per heavy atom. The van der Waals surface area contributed by atoms with Gasteiger partial charge < -0.3 is 10.4 Å². The van der Waals surface area contributed by atoms with Gasteiger partial charge in [0.25, 0.3) is 5.91 Å². The maximum atomic E-state index is 14.1. The smallest absolute Gasteiger partial charge is 0.337 e. The van der Waals surface area contributed by atoms with Gasteiger partial charge in [0.05, 0.1) is 11.3 Å². The van der Waals surface area contributed by atoms with E-state index in [0.717, 1.165) is 18.9 Å². The lowest BCUT2D eigenvalue weighted by molar-refractivity contribution is 0.0697. The molecule has 27 heavy (non-hydrogen) atoms. The summed E-state index contributed by atoms with van der Waals surface area (Å²) >= 11 is 0. The molecule has 2 N–H and O–H groups in total. The summed E-state index contributed by atoms with van der Waals surface area (Å²) in [6.07, 6.45) is 6.50. The number of anilines is 1. The van der Waals surface area contributed by atoms with Crippen LogP contribution in [-0.2, 0) is 0 Å². The van der Waals surface area contributed by atoms with Gasteiger partial charge in [-0.3, -0.25) is 9.36 Å². The maximum absolute atomic E-state index is 14.1. The van der Waals surface area contributed by atoms with E-state index in [2.05, 4.69) is 20.5 Å². The minimum absolute atomic E-state index is 0.00695. The first-order valence-electron chi connectivity index (χ1n) is 8.23. The van der Waals surface area contributed by atoms with E-state index in [1.807, 2.05) is 0 Å². The molecule has 136 valence electrons. The molecule has 0 radical (unpaired) electrons. The average molecular weight is 367 g/mol. The molecule has 1 fully saturated rings. The van der Waals surface area contributed by atoms with Gasteiger partial charge in [0.1, 0.15) is 12.1 Å². The molecular weight excluding hydrogens is 353 g/mol. The van der Waals surface area contributed by atoms with Crippen molar-refractivity contribution in [2.24, 2.45) is 0 Å². The van der Waals surface area contributed by atoms with Crippen LogP contribution in [0.5, 0.6) is 0 Å². The summed E-state index contributed by atoms with van der Waals surface area (Å²) in [7, 11) is 0. The number of nitrogens with zero attached hydrogens (tertiary/aromatic N) is 4. The number of nitrogens with one attached hydrogen (secondary N) is 1. The van der Waals surface area contributed by atoms with Crippen molar-refractivity contribution < 1.29 is 19.1 Å². The van der Waals surface area contributed by atoms with Crippen molar-refractivity contribution in [2.75, 3.05) is 5.32 Å². The Hall–Kier alpha value is -3.62. The number of carbonyl (C=O) groups is 2. The third-order valence-corrected chi connectivity index (χ3v) is 4.28. The third kappa shape index (κ3) is 3.39. The number of halogens is 1. The quantitative estimate of drug-likeness (QED) is 0.717. The van der Waals surface area contributed by atoms with Gasteiger partial charge in [0.15, 0.2) is 11.5 Å². The van der Waals surface area contributed by atoms with Gasteiger partial charge in [-0.15, -0.1) is 10.2 Å². The molecule has 0 aliphatic heterocycles. The summed E-state index contributed by atoms with van der Waals surface area (Å²) in [6.45, 7) is 0. The van der Waals surface area contributed by atoms with Crippen molar-refractivity contribution >= 4 is 17.6 Å². The highest BCUT2D eigenvalue weighted by atomic mass is 19.1. The lowest BCUT2D eigenvalue weighted by Gasteiger charge is -2.11. The molecule has 0 spiro atoms. The Morgan fingerprint density at radius 2 is 2.04 bits per heavy atom. The summed E-state index contributed by atoms with van der Waals surface area (Å²) in [5.41, 5.74) is 0.147. The van der Waals surface area contributed by atoms with Crippen molar-refractivity contribution in [1.29, 1.82) is 0 Å². The largest absolute Gasteiger partial charge is 0.478 e. The number of amides is 1. The molecule has 8 nitrogen and oxygen atoms in total. The topological polar surface area (TPSA) is 110 Å². The predicted octanol–water partition coefficient (Wildman–Crippen LogP) is 2.63. The first kappa shape index (κ1) is 16.8. The fraction of sp³-hybridized carbons (Fsp3) is 0.167. The van der Waals surface area contributed by atoms with Gasteiger partial charge in [0.2, 0.25) is 0 Å². The normalized spacial score (nSPS) is 13.4. The molecule has 1 aromatic carbocycles. The first-order valence-corrected chi connectivity index (χ1v) is 8.23. The van der Waals surface area contributed by atoms with Crippen LogP contribution in [0.1, 0.15) is 45.2 Å². The second-order valence-electron chi connectivity index (χ2n) is 6.20. The molecule has 0 bridgehead atoms. The van der Waals surface area contributed by atoms with E-state index in [9.17, 15) is 19.1 Å². The van der Waals surface area contributed by atoms with Crippen LogP contribution in [0, 0.1) is 5.82 Å². The first-order chi connectivity index (χ1) is 13.0. The molecule has 1 saturated carbocycles. The zero-order valence-electron chi connectivity index (χ0n) is 14.0. The summed E-state index contributed by atoms with van der Waals surface area (Å²) in [4.78, 5) is 27.8. The van der Waals surface area contributed by atoms with Gasteiger partial charge in [-0.25, -0.2) is 14.2 Å². The number of carboxylic acids is 1. The second-order valence-corrected chi connectivity index (χ2v) is 6.20. The van der Waals surface area contributed by atoms with Crippen LogP contribution >= 0.6 is 0 Å². The van der Waals surface area contributed by atoms with Crippen LogP contribution < -0.4 is 5.32 Å². The summed E-state index contributed by atoms with van der Waals surface area (Å²) in [5, 5.41) is 19.6. The Balaban J connectivity index is 1.60. The predicted molar refractivity (Wildman–Crippen MR) is 92.4 cm³/mol. The summed E-state index contributed by atoms with van der Waals surface area (Å²) in [5.74, 6) is -1.98. The molecular formula is C18H14FN5O3. The van der Waals surface area contributed by atoms with Crippen LogP contribution in [0.4, 0.5) is 10.1 Å². The zero-order valence-corrected chi connectivity index (χ0v) is 14.0. The number of hydrogen-bond donors (Lipinski definition) is 2. The van der Waals surface area contributed by atoms with E-state index in [1.54, 1.807) is 29.4 Å². The lowest BCUT2D eigenvalue weighted by atomic mass is 10.0. The standard InChI is InChI=1S/C18H14FN5O3/c19-13-7-12(18(26)27)15(8-11(13)10-1-2-10)21-17(25)14-3-4-16(23-22-14)24-6-5-20-9-24/h3-10H,1-2H2,(H,21,25)(H,26,27). The van der Waals surface area contributed by atoms with Crippen LogP contribution in [-0.4, -0.2) is 36.7 Å². The number of rotatable bonds is 5. The molecule has 2 heterocycles. The van der Waals surface area contributed by atoms with E-state index in [4.69, 9.17) is 0 Å². The van der Waals surface area contributed by atoms with E-state index >= 15 is 0 Å². The Kier molecular flexibility index (Phi) is 4.11. The number of hydrogen-bond acceptors (Lipinski definition) is 5. The molecule has 3 aromatic rings. The number of aromatic nitrogens is 4. The van der Waals surface area contributed by atoms with Crippen molar-refractivity contribution in [3.8, 4) is 5.82 Å². The van der Waals surface area contributed by atoms with Crippen LogP contribution in [0.3, 0.4) is 0 Å². The highest BCUT2D eigenvalue weighted by molar-refractivity contribution is 6.06. The fourth-order valence-electron chi connectivity index (χ4n) is 2.74. The minimum atomic E-state index is -1.33.